The SMILES string of the molecule is CS(=O)(=O)c1cccc(C(=O)OCc2cc3c(cc2Br)OCCO3)c1. The first-order chi connectivity index (χ1) is 11.8. The lowest BCUT2D eigenvalue weighted by Crippen LogP contribution is -2.16. The molecule has 0 saturated carbocycles. The lowest BCUT2D eigenvalue weighted by atomic mass is 10.2. The first kappa shape index (κ1) is 17.8. The van der Waals surface area contributed by atoms with Gasteiger partial charge in [0.2, 0.25) is 0 Å². The molecule has 1 heterocycles. The number of sulfone groups is 1. The summed E-state index contributed by atoms with van der Waals surface area (Å²) < 4.78 is 40.2. The number of carbonyl (C=O) groups is 1. The monoisotopic (exact) mass is 426 g/mol. The molecule has 0 amide bonds. The molecule has 8 heteroatoms. The molecule has 0 aromatic heterocycles. The lowest BCUT2D eigenvalue weighted by molar-refractivity contribution is 0.0471. The number of esters is 1. The molecule has 2 aromatic rings. The molecule has 0 N–H and O–H groups in total. The van der Waals surface area contributed by atoms with Gasteiger partial charge < -0.3 is 14.2 Å². The maximum atomic E-state index is 12.2. The van der Waals surface area contributed by atoms with Gasteiger partial charge in [-0.05, 0) is 30.3 Å². The maximum absolute atomic E-state index is 12.2. The van der Waals surface area contributed by atoms with Gasteiger partial charge in [-0.1, -0.05) is 22.0 Å². The lowest BCUT2D eigenvalue weighted by Gasteiger charge is -2.19. The van der Waals surface area contributed by atoms with Crippen LogP contribution in [-0.2, 0) is 21.2 Å². The summed E-state index contributed by atoms with van der Waals surface area (Å²) in [6.07, 6.45) is 1.09. The molecule has 0 bridgehead atoms. The van der Waals surface area contributed by atoms with E-state index in [4.69, 9.17) is 14.2 Å². The molecule has 0 aliphatic carbocycles. The zero-order chi connectivity index (χ0) is 18.0. The van der Waals surface area contributed by atoms with Crippen LogP contribution in [0.1, 0.15) is 15.9 Å². The Morgan fingerprint density at radius 1 is 1.16 bits per heavy atom. The van der Waals surface area contributed by atoms with Crippen molar-refractivity contribution in [3.8, 4) is 11.5 Å². The standard InChI is InChI=1S/C17H15BrO6S/c1-25(20,21)13-4-2-3-11(7-13)17(19)24-10-12-8-15-16(9-14(12)18)23-6-5-22-15/h2-4,7-9H,5-6,10H2,1H3. The predicted octanol–water partition coefficient (Wildman–Crippen LogP) is 2.98. The Kier molecular flexibility index (Phi) is 5.01. The summed E-state index contributed by atoms with van der Waals surface area (Å²) in [7, 11) is -3.39. The molecule has 3 rings (SSSR count). The second-order valence-corrected chi connectivity index (χ2v) is 8.33. The maximum Gasteiger partial charge on any atom is 0.338 e. The van der Waals surface area contributed by atoms with Crippen molar-refractivity contribution in [2.24, 2.45) is 0 Å². The summed E-state index contributed by atoms with van der Waals surface area (Å²) in [6, 6.07) is 9.27. The van der Waals surface area contributed by atoms with Crippen LogP contribution in [0.25, 0.3) is 0 Å². The van der Waals surface area contributed by atoms with Gasteiger partial charge in [-0.3, -0.25) is 0 Å². The van der Waals surface area contributed by atoms with Gasteiger partial charge in [-0.2, -0.15) is 0 Å². The summed E-state index contributed by atoms with van der Waals surface area (Å²) in [5.41, 5.74) is 0.897. The highest BCUT2D eigenvalue weighted by Gasteiger charge is 2.17. The molecule has 2 aromatic carbocycles. The molecular weight excluding hydrogens is 412 g/mol. The number of hydrogen-bond acceptors (Lipinski definition) is 6. The number of fused-ring (bicyclic) bond motifs is 1. The van der Waals surface area contributed by atoms with E-state index >= 15 is 0 Å². The average molecular weight is 427 g/mol. The van der Waals surface area contributed by atoms with E-state index in [2.05, 4.69) is 15.9 Å². The molecule has 25 heavy (non-hydrogen) atoms. The number of hydrogen-bond donors (Lipinski definition) is 0. The average Bonchev–Trinajstić information content (AvgIpc) is 2.59. The summed E-state index contributed by atoms with van der Waals surface area (Å²) >= 11 is 3.41. The van der Waals surface area contributed by atoms with Crippen molar-refractivity contribution < 1.29 is 27.4 Å². The second kappa shape index (κ2) is 7.05. The quantitative estimate of drug-likeness (QED) is 0.699. The molecule has 0 unspecified atom stereocenters. The van der Waals surface area contributed by atoms with E-state index in [1.807, 2.05) is 0 Å². The normalized spacial score (nSPS) is 13.4. The number of halogens is 1. The molecule has 0 fully saturated rings. The van der Waals surface area contributed by atoms with Crippen LogP contribution in [0, 0.1) is 0 Å². The van der Waals surface area contributed by atoms with Gasteiger partial charge in [0.15, 0.2) is 21.3 Å². The molecule has 0 saturated heterocycles. The van der Waals surface area contributed by atoms with E-state index in [9.17, 15) is 13.2 Å². The van der Waals surface area contributed by atoms with Crippen molar-refractivity contribution in [1.82, 2.24) is 0 Å². The smallest absolute Gasteiger partial charge is 0.338 e. The number of carbonyl (C=O) groups excluding carboxylic acids is 1. The van der Waals surface area contributed by atoms with Crippen LogP contribution in [0.5, 0.6) is 11.5 Å². The number of benzene rings is 2. The van der Waals surface area contributed by atoms with Crippen molar-refractivity contribution in [2.75, 3.05) is 19.5 Å². The van der Waals surface area contributed by atoms with E-state index in [0.717, 1.165) is 16.3 Å². The highest BCUT2D eigenvalue weighted by molar-refractivity contribution is 9.10. The minimum absolute atomic E-state index is 0.0131. The fraction of sp³-hybridized carbons (Fsp3) is 0.235. The molecule has 132 valence electrons. The Morgan fingerprint density at radius 3 is 2.52 bits per heavy atom. The van der Waals surface area contributed by atoms with Crippen molar-refractivity contribution in [3.63, 3.8) is 0 Å². The molecule has 1 aliphatic heterocycles. The molecular formula is C17H15BrO6S. The van der Waals surface area contributed by atoms with Crippen LogP contribution < -0.4 is 9.47 Å². The van der Waals surface area contributed by atoms with Crippen LogP contribution in [0.3, 0.4) is 0 Å². The Hall–Kier alpha value is -2.06. The van der Waals surface area contributed by atoms with Crippen molar-refractivity contribution in [1.29, 1.82) is 0 Å². The fourth-order valence-electron chi connectivity index (χ4n) is 2.30. The first-order valence-electron chi connectivity index (χ1n) is 7.40. The van der Waals surface area contributed by atoms with Gasteiger partial charge in [-0.25, -0.2) is 13.2 Å². The Labute approximate surface area is 153 Å². The van der Waals surface area contributed by atoms with Gasteiger partial charge in [0.25, 0.3) is 0 Å². The predicted molar refractivity (Wildman–Crippen MR) is 93.8 cm³/mol. The molecule has 1 aliphatic rings. The number of rotatable bonds is 4. The highest BCUT2D eigenvalue weighted by Crippen LogP contribution is 2.35. The van der Waals surface area contributed by atoms with E-state index in [-0.39, 0.29) is 17.1 Å². The summed E-state index contributed by atoms with van der Waals surface area (Å²) in [5, 5.41) is 0. The third-order valence-corrected chi connectivity index (χ3v) is 5.42. The van der Waals surface area contributed by atoms with Gasteiger partial charge in [0.05, 0.1) is 10.5 Å². The summed E-state index contributed by atoms with van der Waals surface area (Å²) in [4.78, 5) is 12.3. The Balaban J connectivity index is 1.75. The van der Waals surface area contributed by atoms with Crippen molar-refractivity contribution >= 4 is 31.7 Å². The van der Waals surface area contributed by atoms with Crippen molar-refractivity contribution in [2.45, 2.75) is 11.5 Å². The zero-order valence-corrected chi connectivity index (χ0v) is 15.7. The van der Waals surface area contributed by atoms with Gasteiger partial charge in [-0.15, -0.1) is 0 Å². The van der Waals surface area contributed by atoms with Crippen LogP contribution in [0.15, 0.2) is 45.8 Å². The minimum atomic E-state index is -3.39. The molecule has 0 spiro atoms. The van der Waals surface area contributed by atoms with Gasteiger partial charge >= 0.3 is 5.97 Å². The topological polar surface area (TPSA) is 78.9 Å². The fourth-order valence-corrected chi connectivity index (χ4v) is 3.40. The van der Waals surface area contributed by atoms with Gasteiger partial charge in [0, 0.05) is 16.3 Å². The third kappa shape index (κ3) is 4.13. The van der Waals surface area contributed by atoms with E-state index in [1.165, 1.54) is 24.3 Å². The highest BCUT2D eigenvalue weighted by atomic mass is 79.9. The van der Waals surface area contributed by atoms with E-state index in [1.54, 1.807) is 12.1 Å². The largest absolute Gasteiger partial charge is 0.486 e. The molecule has 0 atom stereocenters. The van der Waals surface area contributed by atoms with Crippen LogP contribution in [0.4, 0.5) is 0 Å². The van der Waals surface area contributed by atoms with Crippen molar-refractivity contribution in [3.05, 3.63) is 52.0 Å². The van der Waals surface area contributed by atoms with Crippen LogP contribution in [0.2, 0.25) is 0 Å². The Morgan fingerprint density at radius 2 is 1.84 bits per heavy atom. The van der Waals surface area contributed by atoms with E-state index in [0.29, 0.717) is 24.7 Å². The molecule has 6 nitrogen and oxygen atoms in total. The zero-order valence-electron chi connectivity index (χ0n) is 13.3. The Bertz CT molecular complexity index is 923. The van der Waals surface area contributed by atoms with Crippen LogP contribution in [-0.4, -0.2) is 33.9 Å². The third-order valence-electron chi connectivity index (χ3n) is 3.57. The summed E-state index contributed by atoms with van der Waals surface area (Å²) in [5.74, 6) is 0.626. The minimum Gasteiger partial charge on any atom is -0.486 e. The van der Waals surface area contributed by atoms with Gasteiger partial charge in [0.1, 0.15) is 19.8 Å². The summed E-state index contributed by atoms with van der Waals surface area (Å²) in [6.45, 7) is 0.968. The first-order valence-corrected chi connectivity index (χ1v) is 10.1. The molecule has 0 radical (unpaired) electrons. The number of ether oxygens (including phenoxy) is 3. The van der Waals surface area contributed by atoms with Crippen LogP contribution >= 0.6 is 15.9 Å². The second-order valence-electron chi connectivity index (χ2n) is 5.46. The van der Waals surface area contributed by atoms with E-state index < -0.39 is 15.8 Å².